The Labute approximate surface area is 105 Å². The third-order valence-electron chi connectivity index (χ3n) is 2.65. The Morgan fingerprint density at radius 2 is 2.11 bits per heavy atom. The van der Waals surface area contributed by atoms with E-state index in [-0.39, 0.29) is 0 Å². The van der Waals surface area contributed by atoms with E-state index in [4.69, 9.17) is 0 Å². The summed E-state index contributed by atoms with van der Waals surface area (Å²) in [4.78, 5) is 8.87. The third kappa shape index (κ3) is 2.15. The third-order valence-corrected chi connectivity index (χ3v) is 2.65. The number of fused-ring (bicyclic) bond motifs is 1. The summed E-state index contributed by atoms with van der Waals surface area (Å²) in [6.07, 6.45) is 3.61. The number of aryl methyl sites for hydroxylation is 1. The maximum absolute atomic E-state index is 4.43. The molecule has 3 heterocycles. The minimum Gasteiger partial charge on any atom is -0.364 e. The van der Waals surface area contributed by atoms with Gasteiger partial charge in [-0.05, 0) is 25.1 Å². The van der Waals surface area contributed by atoms with Crippen molar-refractivity contribution >= 4 is 11.5 Å². The van der Waals surface area contributed by atoms with Gasteiger partial charge in [-0.1, -0.05) is 6.07 Å². The molecule has 0 aliphatic carbocycles. The highest BCUT2D eigenvalue weighted by atomic mass is 15.2. The highest BCUT2D eigenvalue weighted by Crippen LogP contribution is 2.07. The van der Waals surface area contributed by atoms with E-state index in [0.29, 0.717) is 6.54 Å². The first-order valence-corrected chi connectivity index (χ1v) is 5.78. The van der Waals surface area contributed by atoms with Crippen LogP contribution in [0.2, 0.25) is 0 Å². The highest BCUT2D eigenvalue weighted by molar-refractivity contribution is 5.45. The number of rotatable bonds is 3. The minimum atomic E-state index is 0.666. The van der Waals surface area contributed by atoms with E-state index in [1.165, 1.54) is 0 Å². The molecule has 0 aliphatic rings. The molecule has 0 aliphatic heterocycles. The van der Waals surface area contributed by atoms with Crippen molar-refractivity contribution in [1.29, 1.82) is 0 Å². The summed E-state index contributed by atoms with van der Waals surface area (Å²) in [5.41, 5.74) is 2.86. The summed E-state index contributed by atoms with van der Waals surface area (Å²) in [5.74, 6) is 0.825. The van der Waals surface area contributed by atoms with Gasteiger partial charge in [-0.25, -0.2) is 9.50 Å². The Bertz CT molecular complexity index is 674. The molecule has 0 amide bonds. The predicted octanol–water partition coefficient (Wildman–Crippen LogP) is 2.04. The van der Waals surface area contributed by atoms with Crippen LogP contribution < -0.4 is 5.32 Å². The number of nitrogens with one attached hydrogen (secondary N) is 1. The molecule has 3 aromatic rings. The van der Waals surface area contributed by atoms with Crippen LogP contribution in [0, 0.1) is 6.92 Å². The zero-order chi connectivity index (χ0) is 12.4. The normalized spacial score (nSPS) is 10.7. The molecule has 5 heteroatoms. The lowest BCUT2D eigenvalue weighted by molar-refractivity contribution is 0.932. The minimum absolute atomic E-state index is 0.666. The summed E-state index contributed by atoms with van der Waals surface area (Å²) in [5, 5.41) is 7.36. The summed E-state index contributed by atoms with van der Waals surface area (Å²) in [6.45, 7) is 2.65. The second kappa shape index (κ2) is 4.44. The van der Waals surface area contributed by atoms with Gasteiger partial charge in [-0.15, -0.1) is 0 Å². The number of hydrogen-bond donors (Lipinski definition) is 1. The van der Waals surface area contributed by atoms with Crippen LogP contribution in [-0.2, 0) is 6.54 Å². The van der Waals surface area contributed by atoms with Crippen molar-refractivity contribution in [2.24, 2.45) is 0 Å². The van der Waals surface area contributed by atoms with Crippen molar-refractivity contribution in [1.82, 2.24) is 19.6 Å². The Morgan fingerprint density at radius 1 is 1.17 bits per heavy atom. The van der Waals surface area contributed by atoms with Crippen molar-refractivity contribution in [2.75, 3.05) is 5.32 Å². The van der Waals surface area contributed by atoms with Crippen molar-refractivity contribution < 1.29 is 0 Å². The molecular formula is C13H13N5. The molecule has 0 spiro atoms. The molecule has 3 aromatic heterocycles. The SMILES string of the molecule is Cc1cccc(CNc2ccn3nccc3n2)n1. The monoisotopic (exact) mass is 239 g/mol. The Kier molecular flexibility index (Phi) is 2.64. The van der Waals surface area contributed by atoms with Crippen LogP contribution in [0.4, 0.5) is 5.82 Å². The fraction of sp³-hybridized carbons (Fsp3) is 0.154. The van der Waals surface area contributed by atoms with Gasteiger partial charge < -0.3 is 5.32 Å². The fourth-order valence-electron chi connectivity index (χ4n) is 1.79. The van der Waals surface area contributed by atoms with Gasteiger partial charge in [0, 0.05) is 18.0 Å². The smallest absolute Gasteiger partial charge is 0.157 e. The summed E-state index contributed by atoms with van der Waals surface area (Å²) in [6, 6.07) is 9.76. The fourth-order valence-corrected chi connectivity index (χ4v) is 1.79. The zero-order valence-electron chi connectivity index (χ0n) is 10.0. The van der Waals surface area contributed by atoms with Gasteiger partial charge in [-0.3, -0.25) is 4.98 Å². The number of pyridine rings is 1. The molecule has 90 valence electrons. The van der Waals surface area contributed by atoms with E-state index in [2.05, 4.69) is 20.4 Å². The zero-order valence-corrected chi connectivity index (χ0v) is 10.0. The molecular weight excluding hydrogens is 226 g/mol. The lowest BCUT2D eigenvalue weighted by Gasteiger charge is -2.05. The molecule has 0 saturated heterocycles. The average Bonchev–Trinajstić information content (AvgIpc) is 2.84. The van der Waals surface area contributed by atoms with Crippen LogP contribution in [0.1, 0.15) is 11.4 Å². The molecule has 1 N–H and O–H groups in total. The molecule has 0 aromatic carbocycles. The van der Waals surface area contributed by atoms with Crippen LogP contribution in [0.15, 0.2) is 42.7 Å². The number of aromatic nitrogens is 4. The average molecular weight is 239 g/mol. The number of nitrogens with zero attached hydrogens (tertiary/aromatic N) is 4. The number of anilines is 1. The van der Waals surface area contributed by atoms with Crippen molar-refractivity contribution in [3.63, 3.8) is 0 Å². The van der Waals surface area contributed by atoms with E-state index in [0.717, 1.165) is 22.9 Å². The van der Waals surface area contributed by atoms with Crippen LogP contribution in [0.25, 0.3) is 5.65 Å². The quantitative estimate of drug-likeness (QED) is 0.760. The maximum Gasteiger partial charge on any atom is 0.157 e. The highest BCUT2D eigenvalue weighted by Gasteiger charge is 1.99. The summed E-state index contributed by atoms with van der Waals surface area (Å²) < 4.78 is 1.73. The lowest BCUT2D eigenvalue weighted by atomic mass is 10.3. The molecule has 0 radical (unpaired) electrons. The van der Waals surface area contributed by atoms with Gasteiger partial charge in [0.1, 0.15) is 5.82 Å². The molecule has 3 rings (SSSR count). The first kappa shape index (κ1) is 10.7. The Balaban J connectivity index is 1.76. The molecule has 18 heavy (non-hydrogen) atoms. The summed E-state index contributed by atoms with van der Waals surface area (Å²) >= 11 is 0. The van der Waals surface area contributed by atoms with Crippen LogP contribution in [-0.4, -0.2) is 19.6 Å². The van der Waals surface area contributed by atoms with E-state index in [9.17, 15) is 0 Å². The second-order valence-corrected chi connectivity index (χ2v) is 4.07. The topological polar surface area (TPSA) is 55.1 Å². The molecule has 0 atom stereocenters. The van der Waals surface area contributed by atoms with E-state index < -0.39 is 0 Å². The number of hydrogen-bond acceptors (Lipinski definition) is 4. The van der Waals surface area contributed by atoms with Crippen LogP contribution >= 0.6 is 0 Å². The van der Waals surface area contributed by atoms with Gasteiger partial charge in [0.05, 0.1) is 18.4 Å². The van der Waals surface area contributed by atoms with Gasteiger partial charge in [0.25, 0.3) is 0 Å². The van der Waals surface area contributed by atoms with Crippen molar-refractivity contribution in [2.45, 2.75) is 13.5 Å². The van der Waals surface area contributed by atoms with E-state index >= 15 is 0 Å². The van der Waals surface area contributed by atoms with Gasteiger partial charge >= 0.3 is 0 Å². The summed E-state index contributed by atoms with van der Waals surface area (Å²) in [7, 11) is 0. The second-order valence-electron chi connectivity index (χ2n) is 4.07. The molecule has 0 saturated carbocycles. The van der Waals surface area contributed by atoms with Gasteiger partial charge in [0.2, 0.25) is 0 Å². The molecule has 0 fully saturated rings. The molecule has 5 nitrogen and oxygen atoms in total. The maximum atomic E-state index is 4.43. The van der Waals surface area contributed by atoms with Crippen molar-refractivity contribution in [3.8, 4) is 0 Å². The Hall–Kier alpha value is -2.43. The van der Waals surface area contributed by atoms with Gasteiger partial charge in [0.15, 0.2) is 5.65 Å². The van der Waals surface area contributed by atoms with E-state index in [1.54, 1.807) is 10.7 Å². The molecule has 0 bridgehead atoms. The largest absolute Gasteiger partial charge is 0.364 e. The predicted molar refractivity (Wildman–Crippen MR) is 69.3 cm³/mol. The Morgan fingerprint density at radius 3 is 3.00 bits per heavy atom. The van der Waals surface area contributed by atoms with Gasteiger partial charge in [-0.2, -0.15) is 5.10 Å². The molecule has 0 unspecified atom stereocenters. The van der Waals surface area contributed by atoms with E-state index in [1.807, 2.05) is 43.5 Å². The van der Waals surface area contributed by atoms with Crippen LogP contribution in [0.5, 0.6) is 0 Å². The first-order chi connectivity index (χ1) is 8.81. The first-order valence-electron chi connectivity index (χ1n) is 5.78. The lowest BCUT2D eigenvalue weighted by Crippen LogP contribution is -2.04. The van der Waals surface area contributed by atoms with Crippen molar-refractivity contribution in [3.05, 3.63) is 54.1 Å². The standard InChI is InChI=1S/C13H13N5/c1-10-3-2-4-11(16-10)9-14-12-6-8-18-13(17-12)5-7-15-18/h2-8H,9H2,1H3,(H,14,17). The van der Waals surface area contributed by atoms with Crippen LogP contribution in [0.3, 0.4) is 0 Å².